The second-order valence-corrected chi connectivity index (χ2v) is 3.88. The standard InChI is InChI=1S/C14H20N2O4/c1-3-19-10-9-15-14(18)16-12-7-5-11(6-8-12)13(17)20-4-2/h5-8H,3-4,9-10H2,1-2H3,(H2,15,16,18). The molecule has 0 aliphatic heterocycles. The number of benzene rings is 1. The number of esters is 1. The third kappa shape index (κ3) is 5.71. The highest BCUT2D eigenvalue weighted by Crippen LogP contribution is 2.10. The number of hydrogen-bond acceptors (Lipinski definition) is 4. The monoisotopic (exact) mass is 280 g/mol. The van der Waals surface area contributed by atoms with Crippen LogP contribution >= 0.6 is 0 Å². The van der Waals surface area contributed by atoms with Crippen molar-refractivity contribution in [3.05, 3.63) is 29.8 Å². The van der Waals surface area contributed by atoms with Crippen LogP contribution in [0.15, 0.2) is 24.3 Å². The molecular weight excluding hydrogens is 260 g/mol. The van der Waals surface area contributed by atoms with Crippen molar-refractivity contribution in [3.8, 4) is 0 Å². The van der Waals surface area contributed by atoms with E-state index < -0.39 is 0 Å². The first kappa shape index (κ1) is 16.0. The molecule has 0 atom stereocenters. The van der Waals surface area contributed by atoms with Gasteiger partial charge in [-0.2, -0.15) is 0 Å². The maximum Gasteiger partial charge on any atom is 0.338 e. The third-order valence-corrected chi connectivity index (χ3v) is 2.39. The molecule has 0 radical (unpaired) electrons. The lowest BCUT2D eigenvalue weighted by molar-refractivity contribution is 0.0526. The molecule has 1 aromatic rings. The summed E-state index contributed by atoms with van der Waals surface area (Å²) in [5.41, 5.74) is 1.06. The largest absolute Gasteiger partial charge is 0.462 e. The molecule has 20 heavy (non-hydrogen) atoms. The van der Waals surface area contributed by atoms with E-state index in [0.29, 0.717) is 37.6 Å². The molecule has 2 N–H and O–H groups in total. The van der Waals surface area contributed by atoms with Crippen LogP contribution in [0.2, 0.25) is 0 Å². The average Bonchev–Trinajstić information content (AvgIpc) is 2.45. The molecule has 6 heteroatoms. The summed E-state index contributed by atoms with van der Waals surface area (Å²) in [4.78, 5) is 23.0. The lowest BCUT2D eigenvalue weighted by atomic mass is 10.2. The average molecular weight is 280 g/mol. The van der Waals surface area contributed by atoms with Gasteiger partial charge in [-0.1, -0.05) is 0 Å². The van der Waals surface area contributed by atoms with Gasteiger partial charge in [0.05, 0.1) is 18.8 Å². The number of amides is 2. The van der Waals surface area contributed by atoms with Crippen LogP contribution in [0, 0.1) is 0 Å². The normalized spacial score (nSPS) is 9.90. The molecule has 0 heterocycles. The zero-order valence-corrected chi connectivity index (χ0v) is 11.8. The van der Waals surface area contributed by atoms with Crippen LogP contribution < -0.4 is 10.6 Å². The van der Waals surface area contributed by atoms with E-state index in [9.17, 15) is 9.59 Å². The highest BCUT2D eigenvalue weighted by Gasteiger charge is 2.06. The molecule has 2 amide bonds. The number of urea groups is 1. The van der Waals surface area contributed by atoms with Crippen LogP contribution in [-0.2, 0) is 9.47 Å². The van der Waals surface area contributed by atoms with Gasteiger partial charge < -0.3 is 20.1 Å². The lowest BCUT2D eigenvalue weighted by Crippen LogP contribution is -2.31. The van der Waals surface area contributed by atoms with E-state index in [-0.39, 0.29) is 12.0 Å². The van der Waals surface area contributed by atoms with Crippen LogP contribution in [0.4, 0.5) is 10.5 Å². The second kappa shape index (κ2) is 8.92. The Morgan fingerprint density at radius 3 is 2.40 bits per heavy atom. The Kier molecular flexibility index (Phi) is 7.13. The van der Waals surface area contributed by atoms with Crippen LogP contribution in [-0.4, -0.2) is 38.4 Å². The Bertz CT molecular complexity index is 431. The Morgan fingerprint density at radius 2 is 1.80 bits per heavy atom. The van der Waals surface area contributed by atoms with E-state index in [1.54, 1.807) is 31.2 Å². The Labute approximate surface area is 118 Å². The minimum Gasteiger partial charge on any atom is -0.462 e. The number of hydrogen-bond donors (Lipinski definition) is 2. The number of carbonyl (C=O) groups excluding carboxylic acids is 2. The van der Waals surface area contributed by atoms with Crippen molar-refractivity contribution in [1.82, 2.24) is 5.32 Å². The van der Waals surface area contributed by atoms with E-state index in [4.69, 9.17) is 9.47 Å². The Morgan fingerprint density at radius 1 is 1.10 bits per heavy atom. The molecule has 0 unspecified atom stereocenters. The number of anilines is 1. The summed E-state index contributed by atoms with van der Waals surface area (Å²) in [6, 6.07) is 6.19. The predicted molar refractivity (Wildman–Crippen MR) is 75.9 cm³/mol. The summed E-state index contributed by atoms with van der Waals surface area (Å²) in [7, 11) is 0. The molecule has 1 rings (SSSR count). The van der Waals surface area contributed by atoms with E-state index in [1.165, 1.54) is 0 Å². The van der Waals surface area contributed by atoms with Gasteiger partial charge in [0.2, 0.25) is 0 Å². The summed E-state index contributed by atoms with van der Waals surface area (Å²) >= 11 is 0. The van der Waals surface area contributed by atoms with Crippen molar-refractivity contribution in [2.24, 2.45) is 0 Å². The van der Waals surface area contributed by atoms with Gasteiger partial charge in [-0.05, 0) is 38.1 Å². The summed E-state index contributed by atoms with van der Waals surface area (Å²) in [6.45, 7) is 5.53. The fourth-order valence-corrected chi connectivity index (χ4v) is 1.46. The van der Waals surface area contributed by atoms with Crippen LogP contribution in [0.1, 0.15) is 24.2 Å². The predicted octanol–water partition coefficient (Wildman–Crippen LogP) is 2.02. The Hall–Kier alpha value is -2.08. The van der Waals surface area contributed by atoms with Gasteiger partial charge in [-0.15, -0.1) is 0 Å². The molecule has 1 aromatic carbocycles. The van der Waals surface area contributed by atoms with Crippen molar-refractivity contribution >= 4 is 17.7 Å². The van der Waals surface area contributed by atoms with Gasteiger partial charge in [0, 0.05) is 18.8 Å². The van der Waals surface area contributed by atoms with Gasteiger partial charge in [0.25, 0.3) is 0 Å². The van der Waals surface area contributed by atoms with Gasteiger partial charge in [0.15, 0.2) is 0 Å². The SMILES string of the molecule is CCOCCNC(=O)Nc1ccc(C(=O)OCC)cc1. The summed E-state index contributed by atoms with van der Waals surface area (Å²) in [5.74, 6) is -0.375. The molecule has 0 saturated heterocycles. The van der Waals surface area contributed by atoms with Crippen molar-refractivity contribution in [3.63, 3.8) is 0 Å². The van der Waals surface area contributed by atoms with Crippen LogP contribution in [0.25, 0.3) is 0 Å². The molecule has 0 fully saturated rings. The van der Waals surface area contributed by atoms with E-state index in [2.05, 4.69) is 10.6 Å². The quantitative estimate of drug-likeness (QED) is 0.592. The topological polar surface area (TPSA) is 76.7 Å². The smallest absolute Gasteiger partial charge is 0.338 e. The molecule has 110 valence electrons. The van der Waals surface area contributed by atoms with Gasteiger partial charge >= 0.3 is 12.0 Å². The molecule has 0 bridgehead atoms. The molecule has 0 saturated carbocycles. The fraction of sp³-hybridized carbons (Fsp3) is 0.429. The molecule has 0 spiro atoms. The van der Waals surface area contributed by atoms with Crippen molar-refractivity contribution in [2.45, 2.75) is 13.8 Å². The van der Waals surface area contributed by atoms with E-state index >= 15 is 0 Å². The van der Waals surface area contributed by atoms with E-state index in [1.807, 2.05) is 6.92 Å². The highest BCUT2D eigenvalue weighted by molar-refractivity contribution is 5.92. The highest BCUT2D eigenvalue weighted by atomic mass is 16.5. The zero-order valence-electron chi connectivity index (χ0n) is 11.8. The second-order valence-electron chi connectivity index (χ2n) is 3.88. The summed E-state index contributed by atoms with van der Waals surface area (Å²) < 4.78 is 9.98. The maximum atomic E-state index is 11.5. The molecule has 6 nitrogen and oxygen atoms in total. The van der Waals surface area contributed by atoms with Crippen molar-refractivity contribution in [1.29, 1.82) is 0 Å². The molecule has 0 aromatic heterocycles. The molecular formula is C14H20N2O4. The first-order chi connectivity index (χ1) is 9.67. The Balaban J connectivity index is 2.41. The maximum absolute atomic E-state index is 11.5. The van der Waals surface area contributed by atoms with Gasteiger partial charge in [-0.25, -0.2) is 9.59 Å². The molecule has 0 aliphatic carbocycles. The fourth-order valence-electron chi connectivity index (χ4n) is 1.46. The summed E-state index contributed by atoms with van der Waals surface area (Å²) in [5, 5.41) is 5.32. The first-order valence-corrected chi connectivity index (χ1v) is 6.57. The lowest BCUT2D eigenvalue weighted by Gasteiger charge is -2.08. The van der Waals surface area contributed by atoms with Crippen LogP contribution in [0.3, 0.4) is 0 Å². The van der Waals surface area contributed by atoms with Gasteiger partial charge in [0.1, 0.15) is 0 Å². The third-order valence-electron chi connectivity index (χ3n) is 2.39. The van der Waals surface area contributed by atoms with Gasteiger partial charge in [-0.3, -0.25) is 0 Å². The van der Waals surface area contributed by atoms with E-state index in [0.717, 1.165) is 0 Å². The van der Waals surface area contributed by atoms with Crippen molar-refractivity contribution in [2.75, 3.05) is 31.7 Å². The zero-order chi connectivity index (χ0) is 14.8. The minimum absolute atomic E-state index is 0.311. The van der Waals surface area contributed by atoms with Crippen molar-refractivity contribution < 1.29 is 19.1 Å². The summed E-state index contributed by atoms with van der Waals surface area (Å²) in [6.07, 6.45) is 0. The van der Waals surface area contributed by atoms with Crippen LogP contribution in [0.5, 0.6) is 0 Å². The number of carbonyl (C=O) groups is 2. The number of rotatable bonds is 7. The number of nitrogens with one attached hydrogen (secondary N) is 2. The minimum atomic E-state index is -0.375. The number of ether oxygens (including phenoxy) is 2. The molecule has 0 aliphatic rings. The first-order valence-electron chi connectivity index (χ1n) is 6.57.